The summed E-state index contributed by atoms with van der Waals surface area (Å²) in [7, 11) is 0. The maximum atomic E-state index is 6.00. The number of thioether (sulfide) groups is 1. The van der Waals surface area contributed by atoms with E-state index in [1.165, 1.54) is 25.0 Å². The van der Waals surface area contributed by atoms with E-state index in [2.05, 4.69) is 24.0 Å². The minimum Gasteiger partial charge on any atom is -0.389 e. The maximum Gasteiger partial charge on any atom is 0.106 e. The van der Waals surface area contributed by atoms with Crippen molar-refractivity contribution in [1.82, 2.24) is 0 Å². The molecule has 0 amide bonds. The molecule has 0 radical (unpaired) electrons. The molecule has 19 heavy (non-hydrogen) atoms. The van der Waals surface area contributed by atoms with E-state index in [9.17, 15) is 0 Å². The highest BCUT2D eigenvalue weighted by atomic mass is 35.5. The van der Waals surface area contributed by atoms with Crippen LogP contribution in [0.4, 0.5) is 5.69 Å². The van der Waals surface area contributed by atoms with Crippen LogP contribution in [0.25, 0.3) is 0 Å². The smallest absolute Gasteiger partial charge is 0.106 e. The van der Waals surface area contributed by atoms with Gasteiger partial charge in [-0.2, -0.15) is 11.8 Å². The number of nitrogens with one attached hydrogen (secondary N) is 1. The number of benzene rings is 1. The van der Waals surface area contributed by atoms with Gasteiger partial charge in [0.15, 0.2) is 0 Å². The molecule has 5 heteroatoms. The van der Waals surface area contributed by atoms with Crippen LogP contribution >= 0.6 is 35.6 Å². The largest absolute Gasteiger partial charge is 0.389 e. The first kappa shape index (κ1) is 14.9. The van der Waals surface area contributed by atoms with Crippen molar-refractivity contribution in [3.05, 3.63) is 28.8 Å². The highest BCUT2D eigenvalue weighted by molar-refractivity contribution is 7.99. The highest BCUT2D eigenvalue weighted by Crippen LogP contribution is 2.32. The summed E-state index contributed by atoms with van der Waals surface area (Å²) in [5.41, 5.74) is 7.61. The molecule has 0 bridgehead atoms. The molecule has 1 fully saturated rings. The van der Waals surface area contributed by atoms with Gasteiger partial charge in [0.2, 0.25) is 0 Å². The second-order valence-corrected chi connectivity index (χ2v) is 7.24. The summed E-state index contributed by atoms with van der Waals surface area (Å²) in [6, 6.07) is 6.19. The minimum atomic E-state index is 0.391. The Morgan fingerprint density at radius 3 is 3.00 bits per heavy atom. The minimum absolute atomic E-state index is 0.391. The van der Waals surface area contributed by atoms with Crippen molar-refractivity contribution in [1.29, 1.82) is 0 Å². The summed E-state index contributed by atoms with van der Waals surface area (Å²) in [5, 5.41) is 5.01. The molecule has 0 saturated heterocycles. The van der Waals surface area contributed by atoms with E-state index in [0.29, 0.717) is 16.1 Å². The summed E-state index contributed by atoms with van der Waals surface area (Å²) < 4.78 is 0. The van der Waals surface area contributed by atoms with Crippen LogP contribution in [0, 0.1) is 0 Å². The van der Waals surface area contributed by atoms with Gasteiger partial charge in [-0.3, -0.25) is 0 Å². The zero-order valence-corrected chi connectivity index (χ0v) is 13.4. The van der Waals surface area contributed by atoms with Crippen molar-refractivity contribution < 1.29 is 0 Å². The van der Waals surface area contributed by atoms with Gasteiger partial charge in [-0.15, -0.1) is 0 Å². The Bertz CT molecular complexity index is 465. The molecule has 0 aliphatic heterocycles. The highest BCUT2D eigenvalue weighted by Gasteiger charge is 2.25. The Labute approximate surface area is 129 Å². The Morgan fingerprint density at radius 1 is 1.53 bits per heavy atom. The zero-order valence-electron chi connectivity index (χ0n) is 11.0. The molecule has 0 heterocycles. The second kappa shape index (κ2) is 6.82. The van der Waals surface area contributed by atoms with Crippen molar-refractivity contribution in [3.8, 4) is 0 Å². The van der Waals surface area contributed by atoms with Gasteiger partial charge in [0.1, 0.15) is 4.99 Å². The average molecular weight is 315 g/mol. The molecule has 2 atom stereocenters. The number of rotatable bonds is 5. The fourth-order valence-electron chi connectivity index (χ4n) is 2.52. The number of anilines is 1. The SMILES string of the molecule is CCSC1CCC(Nc2ccc(Cl)cc2C(N)=S)C1. The van der Waals surface area contributed by atoms with E-state index < -0.39 is 0 Å². The van der Waals surface area contributed by atoms with E-state index in [0.717, 1.165) is 16.5 Å². The molecule has 1 aromatic carbocycles. The molecule has 1 aromatic rings. The monoisotopic (exact) mass is 314 g/mol. The molecule has 2 rings (SSSR count). The van der Waals surface area contributed by atoms with Gasteiger partial charge in [0.05, 0.1) is 0 Å². The number of hydrogen-bond donors (Lipinski definition) is 2. The van der Waals surface area contributed by atoms with E-state index in [4.69, 9.17) is 29.6 Å². The quantitative estimate of drug-likeness (QED) is 0.804. The third-order valence-corrected chi connectivity index (χ3v) is 5.08. The molecule has 0 spiro atoms. The lowest BCUT2D eigenvalue weighted by molar-refractivity contribution is 0.757. The van der Waals surface area contributed by atoms with Crippen molar-refractivity contribution in [3.63, 3.8) is 0 Å². The molecule has 1 saturated carbocycles. The van der Waals surface area contributed by atoms with Gasteiger partial charge < -0.3 is 11.1 Å². The third-order valence-electron chi connectivity index (χ3n) is 3.39. The van der Waals surface area contributed by atoms with Crippen LogP contribution in [0.15, 0.2) is 18.2 Å². The normalized spacial score (nSPS) is 22.4. The van der Waals surface area contributed by atoms with Gasteiger partial charge in [0, 0.05) is 27.6 Å². The summed E-state index contributed by atoms with van der Waals surface area (Å²) in [4.78, 5) is 0.391. The molecule has 1 aliphatic rings. The van der Waals surface area contributed by atoms with Crippen LogP contribution in [0.1, 0.15) is 31.7 Å². The summed E-state index contributed by atoms with van der Waals surface area (Å²) in [6.07, 6.45) is 3.70. The molecular weight excluding hydrogens is 296 g/mol. The van der Waals surface area contributed by atoms with Crippen LogP contribution in [-0.4, -0.2) is 22.0 Å². The third kappa shape index (κ3) is 4.01. The molecule has 1 aliphatic carbocycles. The number of halogens is 1. The van der Waals surface area contributed by atoms with Gasteiger partial charge in [-0.25, -0.2) is 0 Å². The molecule has 0 aromatic heterocycles. The molecule has 104 valence electrons. The summed E-state index contributed by atoms with van der Waals surface area (Å²) in [6.45, 7) is 2.22. The topological polar surface area (TPSA) is 38.0 Å². The number of hydrogen-bond acceptors (Lipinski definition) is 3. The molecule has 3 N–H and O–H groups in total. The van der Waals surface area contributed by atoms with Gasteiger partial charge in [0.25, 0.3) is 0 Å². The van der Waals surface area contributed by atoms with Crippen LogP contribution in [0.5, 0.6) is 0 Å². The van der Waals surface area contributed by atoms with Crippen molar-refractivity contribution in [2.45, 2.75) is 37.5 Å². The van der Waals surface area contributed by atoms with Gasteiger partial charge in [-0.05, 0) is 43.2 Å². The van der Waals surface area contributed by atoms with E-state index >= 15 is 0 Å². The Morgan fingerprint density at radius 2 is 2.32 bits per heavy atom. The lowest BCUT2D eigenvalue weighted by atomic mass is 10.1. The Kier molecular flexibility index (Phi) is 5.37. The maximum absolute atomic E-state index is 6.00. The molecule has 2 unspecified atom stereocenters. The predicted octanol–water partition coefficient (Wildman–Crippen LogP) is 4.06. The standard InChI is InChI=1S/C14H19ClN2S2/c1-2-19-11-5-4-10(8-11)17-13-6-3-9(15)7-12(13)14(16)18/h3,6-7,10-11,17H,2,4-5,8H2,1H3,(H2,16,18). The number of nitrogens with two attached hydrogens (primary N) is 1. The van der Waals surface area contributed by atoms with Crippen molar-refractivity contribution in [2.24, 2.45) is 5.73 Å². The Hall–Kier alpha value is -0.450. The summed E-state index contributed by atoms with van der Waals surface area (Å²) >= 11 is 13.1. The van der Waals surface area contributed by atoms with E-state index in [1.807, 2.05) is 18.2 Å². The van der Waals surface area contributed by atoms with Crippen molar-refractivity contribution >= 4 is 46.3 Å². The fourth-order valence-corrected chi connectivity index (χ4v) is 4.01. The van der Waals surface area contributed by atoms with E-state index in [-0.39, 0.29) is 0 Å². The predicted molar refractivity (Wildman–Crippen MR) is 90.5 cm³/mol. The van der Waals surface area contributed by atoms with Gasteiger partial charge in [-0.1, -0.05) is 30.7 Å². The van der Waals surface area contributed by atoms with Crippen LogP contribution < -0.4 is 11.1 Å². The average Bonchev–Trinajstić information content (AvgIpc) is 2.79. The lowest BCUT2D eigenvalue weighted by Gasteiger charge is -2.17. The Balaban J connectivity index is 2.05. The first-order valence-corrected chi connectivity index (χ1v) is 8.41. The van der Waals surface area contributed by atoms with Crippen molar-refractivity contribution in [2.75, 3.05) is 11.1 Å². The summed E-state index contributed by atoms with van der Waals surface area (Å²) in [5.74, 6) is 1.19. The zero-order chi connectivity index (χ0) is 13.8. The van der Waals surface area contributed by atoms with Crippen LogP contribution in [0.3, 0.4) is 0 Å². The van der Waals surface area contributed by atoms with E-state index in [1.54, 1.807) is 0 Å². The first-order chi connectivity index (χ1) is 9.10. The first-order valence-electron chi connectivity index (χ1n) is 6.57. The second-order valence-electron chi connectivity index (χ2n) is 4.79. The van der Waals surface area contributed by atoms with Gasteiger partial charge >= 0.3 is 0 Å². The van der Waals surface area contributed by atoms with Crippen LogP contribution in [-0.2, 0) is 0 Å². The lowest BCUT2D eigenvalue weighted by Crippen LogP contribution is -2.20. The fraction of sp³-hybridized carbons (Fsp3) is 0.500. The molecular formula is C14H19ClN2S2. The van der Waals surface area contributed by atoms with Crippen LogP contribution in [0.2, 0.25) is 5.02 Å². The molecule has 2 nitrogen and oxygen atoms in total. The number of thiocarbonyl (C=S) groups is 1.